The first-order chi connectivity index (χ1) is 13.0. The van der Waals surface area contributed by atoms with Gasteiger partial charge in [-0.25, -0.2) is 0 Å². The number of nitrogens with zero attached hydrogens (tertiary/aromatic N) is 3. The van der Waals surface area contributed by atoms with Crippen molar-refractivity contribution in [1.29, 1.82) is 0 Å². The van der Waals surface area contributed by atoms with Crippen LogP contribution >= 0.6 is 31.9 Å². The summed E-state index contributed by atoms with van der Waals surface area (Å²) in [5.41, 5.74) is 0.804. The molecule has 1 amide bonds. The molecule has 0 aliphatic rings. The third-order valence-electron chi connectivity index (χ3n) is 3.91. The van der Waals surface area contributed by atoms with Crippen LogP contribution in [0.25, 0.3) is 0 Å². The van der Waals surface area contributed by atoms with E-state index in [9.17, 15) is 4.79 Å². The van der Waals surface area contributed by atoms with Crippen LogP contribution in [0.5, 0.6) is 5.75 Å². The lowest BCUT2D eigenvalue weighted by Crippen LogP contribution is -2.26. The van der Waals surface area contributed by atoms with Gasteiger partial charge in [0, 0.05) is 24.3 Å². The van der Waals surface area contributed by atoms with Gasteiger partial charge in [-0.05, 0) is 59.3 Å². The van der Waals surface area contributed by atoms with Gasteiger partial charge in [0.1, 0.15) is 18.1 Å². The lowest BCUT2D eigenvalue weighted by Gasteiger charge is -2.14. The van der Waals surface area contributed by atoms with Gasteiger partial charge in [0.25, 0.3) is 5.91 Å². The Bertz CT molecular complexity index is 919. The summed E-state index contributed by atoms with van der Waals surface area (Å²) < 4.78 is 15.0. The first-order valence-electron chi connectivity index (χ1n) is 8.40. The maximum atomic E-state index is 12.6. The van der Waals surface area contributed by atoms with Gasteiger partial charge in [-0.15, -0.1) is 0 Å². The molecule has 8 heteroatoms. The normalized spacial score (nSPS) is 10.8. The van der Waals surface area contributed by atoms with E-state index in [1.807, 2.05) is 42.1 Å². The molecule has 1 aromatic carbocycles. The molecule has 3 aromatic rings. The van der Waals surface area contributed by atoms with E-state index in [0.29, 0.717) is 12.3 Å². The van der Waals surface area contributed by atoms with E-state index in [1.165, 1.54) is 0 Å². The molecule has 0 aliphatic carbocycles. The number of carbonyl (C=O) groups is 1. The molecule has 0 N–H and O–H groups in total. The molecule has 0 saturated carbocycles. The smallest absolute Gasteiger partial charge is 0.289 e. The van der Waals surface area contributed by atoms with E-state index < -0.39 is 0 Å². The molecule has 142 valence electrons. The van der Waals surface area contributed by atoms with Crippen LogP contribution in [0.4, 0.5) is 0 Å². The van der Waals surface area contributed by atoms with Crippen LogP contribution in [0.1, 0.15) is 28.9 Å². The first kappa shape index (κ1) is 19.7. The van der Waals surface area contributed by atoms with Crippen LogP contribution in [-0.4, -0.2) is 27.6 Å². The van der Waals surface area contributed by atoms with Crippen LogP contribution in [-0.2, 0) is 19.7 Å². The maximum absolute atomic E-state index is 12.6. The minimum atomic E-state index is -0.206. The van der Waals surface area contributed by atoms with E-state index in [-0.39, 0.29) is 18.3 Å². The average Bonchev–Trinajstić information content (AvgIpc) is 3.27. The van der Waals surface area contributed by atoms with Crippen molar-refractivity contribution in [2.75, 3.05) is 7.05 Å². The number of hydrogen-bond acceptors (Lipinski definition) is 4. The van der Waals surface area contributed by atoms with Crippen LogP contribution in [0.3, 0.4) is 0 Å². The van der Waals surface area contributed by atoms with Crippen molar-refractivity contribution in [2.24, 2.45) is 0 Å². The lowest BCUT2D eigenvalue weighted by molar-refractivity contribution is 0.0747. The van der Waals surface area contributed by atoms with Gasteiger partial charge in [0.2, 0.25) is 0 Å². The molecule has 2 heterocycles. The Morgan fingerprint density at radius 2 is 1.96 bits per heavy atom. The lowest BCUT2D eigenvalue weighted by atomic mass is 10.3. The average molecular weight is 497 g/mol. The number of hydrogen-bond donors (Lipinski definition) is 0. The summed E-state index contributed by atoms with van der Waals surface area (Å²) >= 11 is 6.86. The third-order valence-corrected chi connectivity index (χ3v) is 5.10. The summed E-state index contributed by atoms with van der Waals surface area (Å²) in [7, 11) is 1.72. The van der Waals surface area contributed by atoms with E-state index >= 15 is 0 Å². The van der Waals surface area contributed by atoms with Crippen LogP contribution in [0.15, 0.2) is 56.0 Å². The molecule has 0 bridgehead atoms. The fourth-order valence-electron chi connectivity index (χ4n) is 2.45. The summed E-state index contributed by atoms with van der Waals surface area (Å²) in [5.74, 6) is 1.39. The predicted molar refractivity (Wildman–Crippen MR) is 109 cm³/mol. The molecular formula is C19H19Br2N3O3. The molecule has 0 atom stereocenters. The first-order valence-corrected chi connectivity index (χ1v) is 9.99. The summed E-state index contributed by atoms with van der Waals surface area (Å²) in [6, 6.07) is 10.9. The van der Waals surface area contributed by atoms with Crippen LogP contribution in [0.2, 0.25) is 0 Å². The van der Waals surface area contributed by atoms with Crippen molar-refractivity contribution in [3.63, 3.8) is 0 Å². The fourth-order valence-corrected chi connectivity index (χ4v) is 3.15. The van der Waals surface area contributed by atoms with Crippen molar-refractivity contribution in [1.82, 2.24) is 14.7 Å². The van der Waals surface area contributed by atoms with E-state index in [2.05, 4.69) is 37.0 Å². The summed E-state index contributed by atoms with van der Waals surface area (Å²) in [6.45, 7) is 3.43. The molecule has 27 heavy (non-hydrogen) atoms. The van der Waals surface area contributed by atoms with Gasteiger partial charge >= 0.3 is 0 Å². The highest BCUT2D eigenvalue weighted by molar-refractivity contribution is 9.10. The second kappa shape index (κ2) is 8.75. The molecule has 0 radical (unpaired) electrons. The Morgan fingerprint density at radius 3 is 2.63 bits per heavy atom. The Balaban J connectivity index is 1.59. The quantitative estimate of drug-likeness (QED) is 0.468. The van der Waals surface area contributed by atoms with Gasteiger partial charge < -0.3 is 14.1 Å². The van der Waals surface area contributed by atoms with Crippen molar-refractivity contribution in [3.8, 4) is 5.75 Å². The van der Waals surface area contributed by atoms with Crippen LogP contribution < -0.4 is 4.74 Å². The minimum Gasteiger partial charge on any atom is -0.486 e. The Labute approximate surface area is 174 Å². The van der Waals surface area contributed by atoms with Gasteiger partial charge in [0.05, 0.1) is 16.7 Å². The van der Waals surface area contributed by atoms with Gasteiger partial charge in [-0.1, -0.05) is 15.9 Å². The number of carbonyl (C=O) groups excluding carboxylic acids is 1. The number of halogens is 2. The minimum absolute atomic E-state index is 0.206. The van der Waals surface area contributed by atoms with Crippen molar-refractivity contribution >= 4 is 37.8 Å². The number of benzene rings is 1. The molecule has 3 rings (SSSR count). The van der Waals surface area contributed by atoms with Crippen molar-refractivity contribution < 1.29 is 13.9 Å². The van der Waals surface area contributed by atoms with Gasteiger partial charge in [0.15, 0.2) is 5.76 Å². The molecule has 6 nitrogen and oxygen atoms in total. The summed E-state index contributed by atoms with van der Waals surface area (Å²) in [4.78, 5) is 14.2. The third kappa shape index (κ3) is 5.01. The molecular weight excluding hydrogens is 478 g/mol. The SMILES string of the molecule is CCn1cc(Br)c(CN(C)C(=O)c2ccc(COc3ccc(Br)cc3)o2)n1. The number of aryl methyl sites for hydroxylation is 1. The topological polar surface area (TPSA) is 60.5 Å². The number of aromatic nitrogens is 2. The molecule has 0 spiro atoms. The van der Waals surface area contributed by atoms with E-state index in [0.717, 1.165) is 26.9 Å². The number of ether oxygens (including phenoxy) is 1. The van der Waals surface area contributed by atoms with E-state index in [4.69, 9.17) is 9.15 Å². The number of rotatable bonds is 7. The van der Waals surface area contributed by atoms with Gasteiger partial charge in [-0.3, -0.25) is 9.48 Å². The predicted octanol–water partition coefficient (Wildman–Crippen LogP) is 4.87. The second-order valence-electron chi connectivity index (χ2n) is 5.95. The Morgan fingerprint density at radius 1 is 1.22 bits per heavy atom. The molecule has 0 fully saturated rings. The monoisotopic (exact) mass is 495 g/mol. The van der Waals surface area contributed by atoms with E-state index in [1.54, 1.807) is 24.1 Å². The van der Waals surface area contributed by atoms with Crippen molar-refractivity contribution in [2.45, 2.75) is 26.6 Å². The zero-order valence-electron chi connectivity index (χ0n) is 15.0. The van der Waals surface area contributed by atoms with Gasteiger partial charge in [-0.2, -0.15) is 5.10 Å². The Hall–Kier alpha value is -2.06. The summed E-state index contributed by atoms with van der Waals surface area (Å²) in [5, 5.41) is 4.44. The van der Waals surface area contributed by atoms with Crippen LogP contribution in [0, 0.1) is 0 Å². The highest BCUT2D eigenvalue weighted by Crippen LogP contribution is 2.20. The number of furan rings is 1. The molecule has 2 aromatic heterocycles. The zero-order chi connectivity index (χ0) is 19.4. The summed E-state index contributed by atoms with van der Waals surface area (Å²) in [6.07, 6.45) is 1.90. The largest absolute Gasteiger partial charge is 0.486 e. The highest BCUT2D eigenvalue weighted by Gasteiger charge is 2.19. The fraction of sp³-hybridized carbons (Fsp3) is 0.263. The Kier molecular flexibility index (Phi) is 6.38. The highest BCUT2D eigenvalue weighted by atomic mass is 79.9. The molecule has 0 saturated heterocycles. The molecule has 0 unspecified atom stereocenters. The van der Waals surface area contributed by atoms with Crippen molar-refractivity contribution in [3.05, 3.63) is 68.8 Å². The zero-order valence-corrected chi connectivity index (χ0v) is 18.2. The second-order valence-corrected chi connectivity index (χ2v) is 7.72. The number of amides is 1. The standard InChI is InChI=1S/C19H19Br2N3O3/c1-3-24-10-16(21)17(22-24)11-23(2)19(25)18-9-8-15(27-18)12-26-14-6-4-13(20)5-7-14/h4-10H,3,11-12H2,1-2H3. The molecule has 0 aliphatic heterocycles. The maximum Gasteiger partial charge on any atom is 0.289 e.